The molecule has 0 aliphatic carbocycles. The molecule has 3 aromatic rings. The van der Waals surface area contributed by atoms with Crippen molar-refractivity contribution in [2.24, 2.45) is 0 Å². The number of aromatic nitrogens is 2. The summed E-state index contributed by atoms with van der Waals surface area (Å²) in [5, 5.41) is 0.641. The Morgan fingerprint density at radius 2 is 1.43 bits per heavy atom. The number of nitrogens with two attached hydrogens (primary N) is 1. The number of rotatable bonds is 2. The third-order valence-electron chi connectivity index (χ3n) is 3.09. The van der Waals surface area contributed by atoms with Crippen molar-refractivity contribution in [2.75, 3.05) is 5.73 Å². The molecule has 1 aromatic heterocycles. The van der Waals surface area contributed by atoms with E-state index in [9.17, 15) is 4.39 Å². The number of halogens is 2. The van der Waals surface area contributed by atoms with Gasteiger partial charge in [0.2, 0.25) is 0 Å². The van der Waals surface area contributed by atoms with E-state index >= 15 is 0 Å². The first-order valence-corrected chi connectivity index (χ1v) is 6.65. The summed E-state index contributed by atoms with van der Waals surface area (Å²) >= 11 is 5.89. The quantitative estimate of drug-likeness (QED) is 0.722. The van der Waals surface area contributed by atoms with Gasteiger partial charge in [0.15, 0.2) is 0 Å². The predicted molar refractivity (Wildman–Crippen MR) is 82.3 cm³/mol. The van der Waals surface area contributed by atoms with Crippen LogP contribution >= 0.6 is 11.6 Å². The van der Waals surface area contributed by atoms with E-state index in [0.717, 1.165) is 5.56 Å². The molecule has 2 N–H and O–H groups in total. The molecule has 0 fully saturated rings. The highest BCUT2D eigenvalue weighted by Gasteiger charge is 2.11. The Labute approximate surface area is 126 Å². The first-order valence-electron chi connectivity index (χ1n) is 6.27. The molecule has 3 nitrogen and oxygen atoms in total. The molecular weight excluding hydrogens is 289 g/mol. The zero-order valence-electron chi connectivity index (χ0n) is 10.9. The second-order valence-corrected chi connectivity index (χ2v) is 4.93. The summed E-state index contributed by atoms with van der Waals surface area (Å²) in [7, 11) is 0. The first-order chi connectivity index (χ1) is 10.1. The summed E-state index contributed by atoms with van der Waals surface area (Å²) in [6.45, 7) is 0. The largest absolute Gasteiger partial charge is 0.396 e. The van der Waals surface area contributed by atoms with Crippen LogP contribution in [0.25, 0.3) is 22.5 Å². The Morgan fingerprint density at radius 3 is 2.05 bits per heavy atom. The molecule has 1 heterocycles. The Bertz CT molecular complexity index is 788. The average molecular weight is 300 g/mol. The predicted octanol–water partition coefficient (Wildman–Crippen LogP) is 4.19. The summed E-state index contributed by atoms with van der Waals surface area (Å²) < 4.78 is 13.7. The van der Waals surface area contributed by atoms with Crippen LogP contribution in [-0.4, -0.2) is 9.97 Å². The lowest BCUT2D eigenvalue weighted by atomic mass is 10.0. The summed E-state index contributed by atoms with van der Waals surface area (Å²) in [6, 6.07) is 11.9. The monoisotopic (exact) mass is 299 g/mol. The lowest BCUT2D eigenvalue weighted by Crippen LogP contribution is -1.95. The van der Waals surface area contributed by atoms with Crippen LogP contribution in [0.3, 0.4) is 0 Å². The van der Waals surface area contributed by atoms with E-state index in [1.165, 1.54) is 12.1 Å². The normalized spacial score (nSPS) is 10.6. The van der Waals surface area contributed by atoms with Crippen LogP contribution in [0.5, 0.6) is 0 Å². The van der Waals surface area contributed by atoms with Crippen LogP contribution in [0.15, 0.2) is 54.9 Å². The standard InChI is InChI=1S/C16H11ClFN3/c17-12-4-1-10(2-5-12)15-16(21-8-7-20-15)11-3-6-14(19)13(18)9-11/h1-9H,19H2. The van der Waals surface area contributed by atoms with Crippen LogP contribution in [0.2, 0.25) is 5.02 Å². The van der Waals surface area contributed by atoms with E-state index in [0.29, 0.717) is 22.0 Å². The van der Waals surface area contributed by atoms with Gasteiger partial charge in [-0.1, -0.05) is 29.8 Å². The maximum atomic E-state index is 13.7. The molecule has 0 radical (unpaired) electrons. The van der Waals surface area contributed by atoms with Crippen molar-refractivity contribution in [3.63, 3.8) is 0 Å². The Morgan fingerprint density at radius 1 is 0.857 bits per heavy atom. The van der Waals surface area contributed by atoms with E-state index in [-0.39, 0.29) is 5.69 Å². The fraction of sp³-hybridized carbons (Fsp3) is 0. The van der Waals surface area contributed by atoms with Gasteiger partial charge in [0, 0.05) is 28.5 Å². The smallest absolute Gasteiger partial charge is 0.146 e. The number of hydrogen-bond acceptors (Lipinski definition) is 3. The summed E-state index contributed by atoms with van der Waals surface area (Å²) in [5.41, 5.74) is 8.36. The van der Waals surface area contributed by atoms with Gasteiger partial charge in [0.1, 0.15) is 5.82 Å². The molecule has 3 rings (SSSR count). The summed E-state index contributed by atoms with van der Waals surface area (Å²) in [4.78, 5) is 8.66. The molecule has 0 saturated heterocycles. The molecule has 0 amide bonds. The molecule has 104 valence electrons. The molecule has 0 aliphatic heterocycles. The number of benzene rings is 2. The SMILES string of the molecule is Nc1ccc(-c2nccnc2-c2ccc(Cl)cc2)cc1F. The molecule has 0 unspecified atom stereocenters. The van der Waals surface area contributed by atoms with Crippen molar-refractivity contribution in [1.29, 1.82) is 0 Å². The highest BCUT2D eigenvalue weighted by molar-refractivity contribution is 6.30. The highest BCUT2D eigenvalue weighted by atomic mass is 35.5. The van der Waals surface area contributed by atoms with E-state index in [1.807, 2.05) is 12.1 Å². The van der Waals surface area contributed by atoms with E-state index < -0.39 is 5.82 Å². The van der Waals surface area contributed by atoms with Crippen molar-refractivity contribution in [3.05, 3.63) is 65.7 Å². The molecule has 0 aliphatic rings. The van der Waals surface area contributed by atoms with Crippen LogP contribution in [-0.2, 0) is 0 Å². The molecular formula is C16H11ClFN3. The second kappa shape index (κ2) is 5.50. The fourth-order valence-electron chi connectivity index (χ4n) is 2.04. The van der Waals surface area contributed by atoms with Gasteiger partial charge in [0.25, 0.3) is 0 Å². The zero-order chi connectivity index (χ0) is 14.8. The topological polar surface area (TPSA) is 51.8 Å². The number of anilines is 1. The molecule has 0 atom stereocenters. The van der Waals surface area contributed by atoms with Gasteiger partial charge in [0.05, 0.1) is 17.1 Å². The Kier molecular flexibility index (Phi) is 3.54. The second-order valence-electron chi connectivity index (χ2n) is 4.50. The van der Waals surface area contributed by atoms with E-state index in [4.69, 9.17) is 17.3 Å². The minimum atomic E-state index is -0.472. The summed E-state index contributed by atoms with van der Waals surface area (Å²) in [6.07, 6.45) is 3.17. The minimum Gasteiger partial charge on any atom is -0.396 e. The maximum absolute atomic E-state index is 13.7. The number of nitrogen functional groups attached to an aromatic ring is 1. The first kappa shape index (κ1) is 13.5. The van der Waals surface area contributed by atoms with Crippen molar-refractivity contribution in [2.45, 2.75) is 0 Å². The van der Waals surface area contributed by atoms with Crippen molar-refractivity contribution in [3.8, 4) is 22.5 Å². The lowest BCUT2D eigenvalue weighted by Gasteiger charge is -2.08. The highest BCUT2D eigenvalue weighted by Crippen LogP contribution is 2.30. The Hall–Kier alpha value is -2.46. The van der Waals surface area contributed by atoms with Gasteiger partial charge in [-0.3, -0.25) is 9.97 Å². The molecule has 0 bridgehead atoms. The third-order valence-corrected chi connectivity index (χ3v) is 3.34. The van der Waals surface area contributed by atoms with E-state index in [2.05, 4.69) is 9.97 Å². The van der Waals surface area contributed by atoms with Gasteiger partial charge in [-0.15, -0.1) is 0 Å². The molecule has 5 heteroatoms. The van der Waals surface area contributed by atoms with Crippen LogP contribution < -0.4 is 5.73 Å². The van der Waals surface area contributed by atoms with Gasteiger partial charge in [-0.2, -0.15) is 0 Å². The van der Waals surface area contributed by atoms with Crippen LogP contribution in [0.1, 0.15) is 0 Å². The molecule has 0 saturated carbocycles. The zero-order valence-corrected chi connectivity index (χ0v) is 11.7. The fourth-order valence-corrected chi connectivity index (χ4v) is 2.17. The van der Waals surface area contributed by atoms with Crippen LogP contribution in [0.4, 0.5) is 10.1 Å². The third kappa shape index (κ3) is 2.71. The lowest BCUT2D eigenvalue weighted by molar-refractivity contribution is 0.633. The molecule has 21 heavy (non-hydrogen) atoms. The van der Waals surface area contributed by atoms with E-state index in [1.54, 1.807) is 30.6 Å². The Balaban J connectivity index is 2.15. The minimum absolute atomic E-state index is 0.107. The number of nitrogens with zero attached hydrogens (tertiary/aromatic N) is 2. The summed E-state index contributed by atoms with van der Waals surface area (Å²) in [5.74, 6) is -0.472. The van der Waals surface area contributed by atoms with Crippen molar-refractivity contribution >= 4 is 17.3 Å². The maximum Gasteiger partial charge on any atom is 0.146 e. The van der Waals surface area contributed by atoms with Crippen molar-refractivity contribution in [1.82, 2.24) is 9.97 Å². The van der Waals surface area contributed by atoms with Crippen LogP contribution in [0, 0.1) is 5.82 Å². The molecule has 2 aromatic carbocycles. The van der Waals surface area contributed by atoms with Gasteiger partial charge >= 0.3 is 0 Å². The molecule has 0 spiro atoms. The number of hydrogen-bond donors (Lipinski definition) is 1. The van der Waals surface area contributed by atoms with Gasteiger partial charge in [-0.05, 0) is 24.3 Å². The van der Waals surface area contributed by atoms with Crippen molar-refractivity contribution < 1.29 is 4.39 Å². The van der Waals surface area contributed by atoms with Gasteiger partial charge < -0.3 is 5.73 Å². The van der Waals surface area contributed by atoms with Gasteiger partial charge in [-0.25, -0.2) is 4.39 Å². The average Bonchev–Trinajstić information content (AvgIpc) is 2.51.